The lowest BCUT2D eigenvalue weighted by molar-refractivity contribution is 0.0753. The molecule has 0 aliphatic carbocycles. The fourth-order valence-corrected chi connectivity index (χ4v) is 3.97. The zero-order valence-corrected chi connectivity index (χ0v) is 15.6. The number of amides is 1. The molecule has 4 rings (SSSR count). The van der Waals surface area contributed by atoms with Gasteiger partial charge in [0.15, 0.2) is 0 Å². The molecule has 1 aliphatic rings. The maximum Gasteiger partial charge on any atom is 0.272 e. The SMILES string of the molecule is Cc1nccc(C(=O)N2CCC[C@H](Cc3cccc4ncccc34)CC2)n1. The summed E-state index contributed by atoms with van der Waals surface area (Å²) in [5.41, 5.74) is 2.91. The molecule has 5 nitrogen and oxygen atoms in total. The second kappa shape index (κ2) is 7.82. The molecule has 0 N–H and O–H groups in total. The second-order valence-corrected chi connectivity index (χ2v) is 7.27. The van der Waals surface area contributed by atoms with E-state index in [0.717, 1.165) is 44.3 Å². The van der Waals surface area contributed by atoms with E-state index in [4.69, 9.17) is 0 Å². The third kappa shape index (κ3) is 3.97. The largest absolute Gasteiger partial charge is 0.337 e. The molecule has 0 saturated carbocycles. The first-order valence-electron chi connectivity index (χ1n) is 9.62. The Morgan fingerprint density at radius 1 is 1.07 bits per heavy atom. The van der Waals surface area contributed by atoms with Crippen LogP contribution in [0, 0.1) is 12.8 Å². The van der Waals surface area contributed by atoms with E-state index in [1.807, 2.05) is 24.1 Å². The van der Waals surface area contributed by atoms with Crippen LogP contribution in [0.3, 0.4) is 0 Å². The van der Waals surface area contributed by atoms with Gasteiger partial charge in [0.1, 0.15) is 11.5 Å². The van der Waals surface area contributed by atoms with Crippen LogP contribution >= 0.6 is 0 Å². The van der Waals surface area contributed by atoms with E-state index in [0.29, 0.717) is 17.4 Å². The minimum absolute atomic E-state index is 0.0236. The van der Waals surface area contributed by atoms with E-state index < -0.39 is 0 Å². The molecule has 1 aliphatic heterocycles. The van der Waals surface area contributed by atoms with Gasteiger partial charge in [0.2, 0.25) is 0 Å². The van der Waals surface area contributed by atoms with Crippen molar-refractivity contribution in [1.82, 2.24) is 19.9 Å². The second-order valence-electron chi connectivity index (χ2n) is 7.27. The molecule has 27 heavy (non-hydrogen) atoms. The van der Waals surface area contributed by atoms with Crippen molar-refractivity contribution in [3.63, 3.8) is 0 Å². The van der Waals surface area contributed by atoms with Crippen LogP contribution in [0.4, 0.5) is 0 Å². The van der Waals surface area contributed by atoms with E-state index in [1.54, 1.807) is 12.3 Å². The topological polar surface area (TPSA) is 59.0 Å². The summed E-state index contributed by atoms with van der Waals surface area (Å²) in [6.07, 6.45) is 7.73. The number of likely N-dealkylation sites (tertiary alicyclic amines) is 1. The maximum absolute atomic E-state index is 12.8. The Labute approximate surface area is 159 Å². The highest BCUT2D eigenvalue weighted by Gasteiger charge is 2.23. The number of benzene rings is 1. The normalized spacial score (nSPS) is 17.7. The quantitative estimate of drug-likeness (QED) is 0.712. The van der Waals surface area contributed by atoms with Gasteiger partial charge in [-0.1, -0.05) is 18.2 Å². The summed E-state index contributed by atoms with van der Waals surface area (Å²) >= 11 is 0. The van der Waals surface area contributed by atoms with Gasteiger partial charge in [-0.15, -0.1) is 0 Å². The van der Waals surface area contributed by atoms with E-state index in [1.165, 1.54) is 10.9 Å². The molecule has 138 valence electrons. The van der Waals surface area contributed by atoms with Crippen LogP contribution in [0.2, 0.25) is 0 Å². The number of rotatable bonds is 3. The van der Waals surface area contributed by atoms with Crippen LogP contribution in [0.25, 0.3) is 10.9 Å². The van der Waals surface area contributed by atoms with Crippen LogP contribution < -0.4 is 0 Å². The molecule has 3 heterocycles. The molecule has 3 aromatic rings. The number of hydrogen-bond acceptors (Lipinski definition) is 4. The maximum atomic E-state index is 12.8. The molecule has 1 atom stereocenters. The molecule has 5 heteroatoms. The van der Waals surface area contributed by atoms with Gasteiger partial charge in [-0.2, -0.15) is 0 Å². The molecule has 1 fully saturated rings. The Morgan fingerprint density at radius 2 is 2.00 bits per heavy atom. The number of aromatic nitrogens is 3. The Kier molecular flexibility index (Phi) is 5.10. The minimum atomic E-state index is 0.0236. The smallest absolute Gasteiger partial charge is 0.272 e. The number of carbonyl (C=O) groups is 1. The van der Waals surface area contributed by atoms with E-state index in [2.05, 4.69) is 39.2 Å². The van der Waals surface area contributed by atoms with Gasteiger partial charge in [-0.05, 0) is 62.3 Å². The highest BCUT2D eigenvalue weighted by molar-refractivity contribution is 5.92. The van der Waals surface area contributed by atoms with Gasteiger partial charge in [0.25, 0.3) is 5.91 Å². The highest BCUT2D eigenvalue weighted by Crippen LogP contribution is 2.26. The number of carbonyl (C=O) groups excluding carboxylic acids is 1. The van der Waals surface area contributed by atoms with Crippen LogP contribution in [-0.2, 0) is 6.42 Å². The Hall–Kier alpha value is -2.82. The number of pyridine rings is 1. The number of hydrogen-bond donors (Lipinski definition) is 0. The zero-order valence-electron chi connectivity index (χ0n) is 15.6. The van der Waals surface area contributed by atoms with Crippen molar-refractivity contribution in [3.05, 3.63) is 65.9 Å². The fourth-order valence-electron chi connectivity index (χ4n) is 3.97. The molecule has 0 bridgehead atoms. The van der Waals surface area contributed by atoms with Gasteiger partial charge in [0.05, 0.1) is 5.52 Å². The molecule has 0 unspecified atom stereocenters. The van der Waals surface area contributed by atoms with Crippen molar-refractivity contribution >= 4 is 16.8 Å². The van der Waals surface area contributed by atoms with Gasteiger partial charge in [-0.3, -0.25) is 9.78 Å². The molecule has 1 amide bonds. The number of aryl methyl sites for hydroxylation is 1. The van der Waals surface area contributed by atoms with Crippen LogP contribution in [0.1, 0.15) is 41.1 Å². The van der Waals surface area contributed by atoms with Crippen LogP contribution in [0.5, 0.6) is 0 Å². The fraction of sp³-hybridized carbons (Fsp3) is 0.364. The summed E-state index contributed by atoms with van der Waals surface area (Å²) in [4.78, 5) is 27.6. The van der Waals surface area contributed by atoms with Crippen molar-refractivity contribution in [3.8, 4) is 0 Å². The summed E-state index contributed by atoms with van der Waals surface area (Å²) in [5.74, 6) is 1.24. The molecular formula is C22H24N4O. The molecule has 2 aromatic heterocycles. The molecule has 0 spiro atoms. The number of nitrogens with zero attached hydrogens (tertiary/aromatic N) is 4. The van der Waals surface area contributed by atoms with Crippen molar-refractivity contribution in [1.29, 1.82) is 0 Å². The summed E-state index contributed by atoms with van der Waals surface area (Å²) in [5, 5.41) is 1.24. The van der Waals surface area contributed by atoms with Gasteiger partial charge in [-0.25, -0.2) is 9.97 Å². The first-order valence-corrected chi connectivity index (χ1v) is 9.62. The molecule has 1 aromatic carbocycles. The number of fused-ring (bicyclic) bond motifs is 1. The lowest BCUT2D eigenvalue weighted by Gasteiger charge is -2.20. The van der Waals surface area contributed by atoms with Gasteiger partial charge in [0, 0.05) is 30.9 Å². The van der Waals surface area contributed by atoms with E-state index >= 15 is 0 Å². The summed E-state index contributed by atoms with van der Waals surface area (Å²) in [6.45, 7) is 3.40. The molecule has 1 saturated heterocycles. The van der Waals surface area contributed by atoms with E-state index in [9.17, 15) is 4.79 Å². The Morgan fingerprint density at radius 3 is 2.89 bits per heavy atom. The van der Waals surface area contributed by atoms with Gasteiger partial charge >= 0.3 is 0 Å². The summed E-state index contributed by atoms with van der Waals surface area (Å²) in [7, 11) is 0. The zero-order chi connectivity index (χ0) is 18.6. The minimum Gasteiger partial charge on any atom is -0.337 e. The lowest BCUT2D eigenvalue weighted by atomic mass is 9.91. The average Bonchev–Trinajstić information content (AvgIpc) is 2.93. The van der Waals surface area contributed by atoms with Gasteiger partial charge < -0.3 is 4.90 Å². The summed E-state index contributed by atoms with van der Waals surface area (Å²) in [6, 6.07) is 12.2. The summed E-state index contributed by atoms with van der Waals surface area (Å²) < 4.78 is 0. The van der Waals surface area contributed by atoms with Crippen molar-refractivity contribution in [2.75, 3.05) is 13.1 Å². The van der Waals surface area contributed by atoms with Crippen molar-refractivity contribution < 1.29 is 4.79 Å². The highest BCUT2D eigenvalue weighted by atomic mass is 16.2. The molecular weight excluding hydrogens is 336 g/mol. The van der Waals surface area contributed by atoms with Crippen LogP contribution in [-0.4, -0.2) is 38.8 Å². The predicted octanol–water partition coefficient (Wildman–Crippen LogP) is 3.82. The monoisotopic (exact) mass is 360 g/mol. The Bertz CT molecular complexity index is 950. The Balaban J connectivity index is 1.45. The standard InChI is InChI=1S/C22H24N4O/c1-16-23-12-9-21(25-16)22(27)26-13-4-5-17(10-14-26)15-18-6-2-8-20-19(18)7-3-11-24-20/h2-3,6-9,11-12,17H,4-5,10,13-15H2,1H3/t17-/m0/s1. The lowest BCUT2D eigenvalue weighted by Crippen LogP contribution is -2.32. The average molecular weight is 360 g/mol. The van der Waals surface area contributed by atoms with Crippen LogP contribution in [0.15, 0.2) is 48.8 Å². The van der Waals surface area contributed by atoms with Crippen molar-refractivity contribution in [2.24, 2.45) is 5.92 Å². The predicted molar refractivity (Wildman–Crippen MR) is 105 cm³/mol. The third-order valence-electron chi connectivity index (χ3n) is 5.37. The first kappa shape index (κ1) is 17.6. The van der Waals surface area contributed by atoms with Crippen molar-refractivity contribution in [2.45, 2.75) is 32.6 Å². The molecule has 0 radical (unpaired) electrons. The third-order valence-corrected chi connectivity index (χ3v) is 5.37. The van der Waals surface area contributed by atoms with E-state index in [-0.39, 0.29) is 5.91 Å². The first-order chi connectivity index (χ1) is 13.2.